The van der Waals surface area contributed by atoms with Gasteiger partial charge in [0.2, 0.25) is 0 Å². The molecular formula is C27H24Br2N2O4. The van der Waals surface area contributed by atoms with Gasteiger partial charge in [-0.2, -0.15) is 5.26 Å². The van der Waals surface area contributed by atoms with Crippen LogP contribution in [0.15, 0.2) is 75.2 Å². The minimum atomic E-state index is -0.520. The second kappa shape index (κ2) is 12.4. The molecule has 35 heavy (non-hydrogen) atoms. The van der Waals surface area contributed by atoms with Gasteiger partial charge in [0.1, 0.15) is 24.0 Å². The fraction of sp³-hybridized carbons (Fsp3) is 0.185. The minimum Gasteiger partial charge on any atom is -0.493 e. The lowest BCUT2D eigenvalue weighted by Gasteiger charge is -2.16. The molecule has 0 unspecified atom stereocenters. The molecule has 0 saturated carbocycles. The number of halogens is 2. The number of ether oxygens (including phenoxy) is 3. The van der Waals surface area contributed by atoms with Crippen molar-refractivity contribution in [2.24, 2.45) is 0 Å². The molecule has 0 aromatic heterocycles. The Balaban J connectivity index is 1.68. The van der Waals surface area contributed by atoms with E-state index in [0.29, 0.717) is 39.6 Å². The molecule has 0 saturated heterocycles. The average molecular weight is 600 g/mol. The number of hydrogen-bond acceptors (Lipinski definition) is 5. The Bertz CT molecular complexity index is 1250. The van der Waals surface area contributed by atoms with Crippen molar-refractivity contribution in [3.63, 3.8) is 0 Å². The molecule has 3 rings (SSSR count). The van der Waals surface area contributed by atoms with Crippen molar-refractivity contribution in [2.75, 3.05) is 12.4 Å². The Morgan fingerprint density at radius 1 is 1.09 bits per heavy atom. The molecular weight excluding hydrogens is 576 g/mol. The zero-order valence-electron chi connectivity index (χ0n) is 19.5. The number of methoxy groups -OCH3 is 1. The molecule has 0 aliphatic carbocycles. The Kier molecular flexibility index (Phi) is 9.35. The van der Waals surface area contributed by atoms with Crippen LogP contribution in [0, 0.1) is 11.3 Å². The number of carbonyl (C=O) groups excluding carboxylic acids is 1. The van der Waals surface area contributed by atoms with Gasteiger partial charge in [-0.1, -0.05) is 28.1 Å². The van der Waals surface area contributed by atoms with Crippen LogP contribution in [0.3, 0.4) is 0 Å². The van der Waals surface area contributed by atoms with Gasteiger partial charge in [0, 0.05) is 10.2 Å². The first kappa shape index (κ1) is 26.3. The number of benzene rings is 3. The van der Waals surface area contributed by atoms with E-state index in [4.69, 9.17) is 14.2 Å². The number of carbonyl (C=O) groups is 1. The largest absolute Gasteiger partial charge is 0.493 e. The third kappa shape index (κ3) is 7.61. The molecule has 3 aromatic rings. The van der Waals surface area contributed by atoms with Gasteiger partial charge in [-0.05, 0) is 95.5 Å². The molecule has 0 atom stereocenters. The third-order valence-electron chi connectivity index (χ3n) is 4.71. The highest BCUT2D eigenvalue weighted by Gasteiger charge is 2.15. The molecule has 0 heterocycles. The van der Waals surface area contributed by atoms with Gasteiger partial charge in [-0.15, -0.1) is 0 Å². The van der Waals surface area contributed by atoms with Gasteiger partial charge >= 0.3 is 0 Å². The Hall–Kier alpha value is -3.28. The van der Waals surface area contributed by atoms with E-state index in [9.17, 15) is 10.1 Å². The van der Waals surface area contributed by atoms with Crippen LogP contribution >= 0.6 is 31.9 Å². The highest BCUT2D eigenvalue weighted by Crippen LogP contribution is 2.38. The van der Waals surface area contributed by atoms with Crippen LogP contribution in [0.1, 0.15) is 25.0 Å². The van der Waals surface area contributed by atoms with Gasteiger partial charge in [0.05, 0.1) is 17.7 Å². The van der Waals surface area contributed by atoms with Gasteiger partial charge in [-0.3, -0.25) is 4.79 Å². The van der Waals surface area contributed by atoms with Crippen molar-refractivity contribution in [1.29, 1.82) is 5.26 Å². The molecule has 8 heteroatoms. The lowest BCUT2D eigenvalue weighted by molar-refractivity contribution is -0.112. The summed E-state index contributed by atoms with van der Waals surface area (Å²) in [4.78, 5) is 12.7. The molecule has 0 bridgehead atoms. The maximum absolute atomic E-state index is 12.7. The van der Waals surface area contributed by atoms with Crippen LogP contribution < -0.4 is 19.5 Å². The molecule has 0 aliphatic rings. The van der Waals surface area contributed by atoms with Crippen LogP contribution in [0.2, 0.25) is 0 Å². The predicted molar refractivity (Wildman–Crippen MR) is 144 cm³/mol. The number of rotatable bonds is 9. The summed E-state index contributed by atoms with van der Waals surface area (Å²) in [5.41, 5.74) is 2.16. The molecule has 3 aromatic carbocycles. The van der Waals surface area contributed by atoms with Crippen LogP contribution in [0.4, 0.5) is 5.69 Å². The molecule has 1 amide bonds. The standard InChI is InChI=1S/C27H24Br2N2O4/c1-17(2)35-26-24(29)13-19(14-25(26)33-3)12-20(15-30)27(32)31-22-8-10-23(11-9-22)34-16-18-4-6-21(28)7-5-18/h4-14,17H,16H2,1-3H3,(H,31,32)/b20-12+. The highest BCUT2D eigenvalue weighted by atomic mass is 79.9. The van der Waals surface area contributed by atoms with E-state index in [-0.39, 0.29) is 11.7 Å². The summed E-state index contributed by atoms with van der Waals surface area (Å²) in [7, 11) is 1.53. The smallest absolute Gasteiger partial charge is 0.266 e. The van der Waals surface area contributed by atoms with E-state index in [2.05, 4.69) is 37.2 Å². The topological polar surface area (TPSA) is 80.6 Å². The Morgan fingerprint density at radius 3 is 2.37 bits per heavy atom. The lowest BCUT2D eigenvalue weighted by Crippen LogP contribution is -2.13. The van der Waals surface area contributed by atoms with E-state index < -0.39 is 5.91 Å². The van der Waals surface area contributed by atoms with E-state index in [0.717, 1.165) is 10.0 Å². The van der Waals surface area contributed by atoms with Crippen LogP contribution in [0.5, 0.6) is 17.2 Å². The van der Waals surface area contributed by atoms with Crippen molar-refractivity contribution in [3.05, 3.63) is 86.3 Å². The first-order chi connectivity index (χ1) is 16.8. The molecule has 0 fully saturated rings. The SMILES string of the molecule is COc1cc(/C=C(\C#N)C(=O)Nc2ccc(OCc3ccc(Br)cc3)cc2)cc(Br)c1OC(C)C. The number of amides is 1. The third-order valence-corrected chi connectivity index (χ3v) is 5.83. The van der Waals surface area contributed by atoms with E-state index in [1.165, 1.54) is 13.2 Å². The summed E-state index contributed by atoms with van der Waals surface area (Å²) in [6, 6.07) is 20.3. The Morgan fingerprint density at radius 2 is 1.77 bits per heavy atom. The van der Waals surface area contributed by atoms with E-state index in [1.807, 2.05) is 44.2 Å². The summed E-state index contributed by atoms with van der Waals surface area (Å²) in [6.45, 7) is 4.26. The maximum Gasteiger partial charge on any atom is 0.266 e. The van der Waals surface area contributed by atoms with Gasteiger partial charge in [0.15, 0.2) is 11.5 Å². The molecule has 6 nitrogen and oxygen atoms in total. The maximum atomic E-state index is 12.7. The van der Waals surface area contributed by atoms with Crippen LogP contribution in [-0.4, -0.2) is 19.1 Å². The average Bonchev–Trinajstić information content (AvgIpc) is 2.84. The molecule has 0 aliphatic heterocycles. The summed E-state index contributed by atoms with van der Waals surface area (Å²) in [5, 5.41) is 12.3. The molecule has 0 spiro atoms. The van der Waals surface area contributed by atoms with Crippen LogP contribution in [0.25, 0.3) is 6.08 Å². The summed E-state index contributed by atoms with van der Waals surface area (Å²) < 4.78 is 18.7. The minimum absolute atomic E-state index is 0.0420. The normalized spacial score (nSPS) is 11.1. The zero-order chi connectivity index (χ0) is 25.4. The van der Waals surface area contributed by atoms with E-state index in [1.54, 1.807) is 36.4 Å². The fourth-order valence-electron chi connectivity index (χ4n) is 3.07. The van der Waals surface area contributed by atoms with E-state index >= 15 is 0 Å². The fourth-order valence-corrected chi connectivity index (χ4v) is 3.89. The number of nitrogens with one attached hydrogen (secondary N) is 1. The first-order valence-electron chi connectivity index (χ1n) is 10.7. The van der Waals surface area contributed by atoms with Gasteiger partial charge in [-0.25, -0.2) is 0 Å². The quantitative estimate of drug-likeness (QED) is 0.209. The molecule has 0 radical (unpaired) electrons. The van der Waals surface area contributed by atoms with Crippen molar-refractivity contribution in [1.82, 2.24) is 0 Å². The number of hydrogen-bond donors (Lipinski definition) is 1. The summed E-state index contributed by atoms with van der Waals surface area (Å²) in [5.74, 6) is 1.21. The van der Waals surface area contributed by atoms with Crippen molar-refractivity contribution < 1.29 is 19.0 Å². The summed E-state index contributed by atoms with van der Waals surface area (Å²) in [6.07, 6.45) is 1.46. The Labute approximate surface area is 221 Å². The van der Waals surface area contributed by atoms with Crippen molar-refractivity contribution in [2.45, 2.75) is 26.6 Å². The summed E-state index contributed by atoms with van der Waals surface area (Å²) >= 11 is 6.89. The van der Waals surface area contributed by atoms with Gasteiger partial charge in [0.25, 0.3) is 5.91 Å². The van der Waals surface area contributed by atoms with Crippen molar-refractivity contribution >= 4 is 49.5 Å². The number of nitrogens with zero attached hydrogens (tertiary/aromatic N) is 1. The second-order valence-electron chi connectivity index (χ2n) is 7.76. The highest BCUT2D eigenvalue weighted by molar-refractivity contribution is 9.10. The zero-order valence-corrected chi connectivity index (χ0v) is 22.6. The number of anilines is 1. The van der Waals surface area contributed by atoms with Gasteiger partial charge < -0.3 is 19.5 Å². The van der Waals surface area contributed by atoms with Crippen LogP contribution in [-0.2, 0) is 11.4 Å². The lowest BCUT2D eigenvalue weighted by atomic mass is 10.1. The molecule has 1 N–H and O–H groups in total. The first-order valence-corrected chi connectivity index (χ1v) is 12.3. The van der Waals surface area contributed by atoms with Crippen molar-refractivity contribution in [3.8, 4) is 23.3 Å². The second-order valence-corrected chi connectivity index (χ2v) is 9.53. The number of nitriles is 1. The molecule has 180 valence electrons. The predicted octanol–water partition coefficient (Wildman–Crippen LogP) is 7.13. The monoisotopic (exact) mass is 598 g/mol.